The molecule has 0 aliphatic rings. The number of carbonyl (C=O) groups excluding carboxylic acids is 1. The lowest BCUT2D eigenvalue weighted by Crippen LogP contribution is -2.16. The van der Waals surface area contributed by atoms with Crippen molar-refractivity contribution >= 4 is 11.9 Å². The predicted molar refractivity (Wildman–Crippen MR) is 76.7 cm³/mol. The zero-order chi connectivity index (χ0) is 15.7. The zero-order valence-electron chi connectivity index (χ0n) is 12.0. The number of aliphatic carboxylic acids is 1. The highest BCUT2D eigenvalue weighted by molar-refractivity contribution is 5.89. The largest absolute Gasteiger partial charge is 0.481 e. The van der Waals surface area contributed by atoms with E-state index in [4.69, 9.17) is 5.26 Å². The molecule has 112 valence electrons. The van der Waals surface area contributed by atoms with Crippen LogP contribution < -0.4 is 0 Å². The molecule has 0 amide bonds. The number of carboxylic acids is 1. The van der Waals surface area contributed by atoms with E-state index in [0.717, 1.165) is 18.4 Å². The fourth-order valence-corrected chi connectivity index (χ4v) is 2.09. The maximum atomic E-state index is 11.3. The van der Waals surface area contributed by atoms with E-state index in [1.54, 1.807) is 24.3 Å². The van der Waals surface area contributed by atoms with Gasteiger partial charge in [-0.05, 0) is 37.0 Å². The lowest BCUT2D eigenvalue weighted by Gasteiger charge is -2.12. The Balaban J connectivity index is 2.60. The summed E-state index contributed by atoms with van der Waals surface area (Å²) < 4.78 is 4.61. The summed E-state index contributed by atoms with van der Waals surface area (Å²) in [5.41, 5.74) is 1.32. The van der Waals surface area contributed by atoms with Crippen LogP contribution in [0.25, 0.3) is 0 Å². The van der Waals surface area contributed by atoms with Gasteiger partial charge in [0.15, 0.2) is 0 Å². The molecule has 0 spiro atoms. The first-order valence-corrected chi connectivity index (χ1v) is 6.85. The van der Waals surface area contributed by atoms with Crippen LogP contribution in [0.3, 0.4) is 0 Å². The number of esters is 1. The molecule has 1 rings (SSSR count). The smallest absolute Gasteiger partial charge is 0.337 e. The van der Waals surface area contributed by atoms with Gasteiger partial charge in [-0.3, -0.25) is 4.79 Å². The Bertz CT molecular complexity index is 516. The van der Waals surface area contributed by atoms with Crippen LogP contribution >= 0.6 is 0 Å². The van der Waals surface area contributed by atoms with E-state index in [9.17, 15) is 14.7 Å². The molecule has 0 saturated heterocycles. The Morgan fingerprint density at radius 2 is 1.95 bits per heavy atom. The lowest BCUT2D eigenvalue weighted by atomic mass is 9.93. The number of nitriles is 1. The van der Waals surface area contributed by atoms with Crippen LogP contribution in [0.4, 0.5) is 0 Å². The molecule has 0 radical (unpaired) electrons. The fraction of sp³-hybridized carbons (Fsp3) is 0.438. The summed E-state index contributed by atoms with van der Waals surface area (Å²) in [5.74, 6) is -1.70. The Labute approximate surface area is 124 Å². The molecule has 0 bridgehead atoms. The normalized spacial score (nSPS) is 11.4. The summed E-state index contributed by atoms with van der Waals surface area (Å²) in [6.07, 6.45) is 2.88. The number of methoxy groups -OCH3 is 1. The maximum absolute atomic E-state index is 11.3. The first-order valence-electron chi connectivity index (χ1n) is 6.85. The van der Waals surface area contributed by atoms with Gasteiger partial charge in [0, 0.05) is 6.42 Å². The van der Waals surface area contributed by atoms with Gasteiger partial charge in [-0.25, -0.2) is 4.79 Å². The number of unbranched alkanes of at least 4 members (excludes halogenated alkanes) is 2. The topological polar surface area (TPSA) is 87.4 Å². The number of nitrogens with zero attached hydrogens (tertiary/aromatic N) is 1. The minimum atomic E-state index is -0.830. The van der Waals surface area contributed by atoms with Crippen LogP contribution in [0.5, 0.6) is 0 Å². The van der Waals surface area contributed by atoms with Crippen molar-refractivity contribution in [2.75, 3.05) is 7.11 Å². The Kier molecular flexibility index (Phi) is 6.96. The number of hydrogen-bond donors (Lipinski definition) is 1. The summed E-state index contributed by atoms with van der Waals surface area (Å²) >= 11 is 0. The van der Waals surface area contributed by atoms with Gasteiger partial charge in [0.1, 0.15) is 0 Å². The SMILES string of the molecule is COC(=O)c1ccc(CC(CCCCC#N)C(=O)O)cc1. The highest BCUT2D eigenvalue weighted by Crippen LogP contribution is 2.17. The number of rotatable bonds is 8. The molecule has 1 aromatic carbocycles. The summed E-state index contributed by atoms with van der Waals surface area (Å²) in [7, 11) is 1.32. The van der Waals surface area contributed by atoms with Crippen molar-refractivity contribution in [3.8, 4) is 6.07 Å². The van der Waals surface area contributed by atoms with Crippen LogP contribution in [0, 0.1) is 17.2 Å². The molecular weight excluding hydrogens is 270 g/mol. The van der Waals surface area contributed by atoms with Crippen molar-refractivity contribution in [3.05, 3.63) is 35.4 Å². The summed E-state index contributed by atoms with van der Waals surface area (Å²) in [4.78, 5) is 22.6. The standard InChI is InChI=1S/C16H19NO4/c1-21-16(20)13-8-6-12(7-9-13)11-14(15(18)19)5-3-2-4-10-17/h6-9,14H,2-5,11H2,1H3,(H,18,19). The molecule has 21 heavy (non-hydrogen) atoms. The van der Waals surface area contributed by atoms with E-state index in [0.29, 0.717) is 24.8 Å². The molecule has 1 unspecified atom stereocenters. The van der Waals surface area contributed by atoms with Gasteiger partial charge in [0.25, 0.3) is 0 Å². The van der Waals surface area contributed by atoms with Gasteiger partial charge < -0.3 is 9.84 Å². The van der Waals surface area contributed by atoms with E-state index in [-0.39, 0.29) is 0 Å². The molecule has 1 aromatic rings. The Morgan fingerprint density at radius 1 is 1.29 bits per heavy atom. The number of hydrogen-bond acceptors (Lipinski definition) is 4. The van der Waals surface area contributed by atoms with Gasteiger partial charge in [0.2, 0.25) is 0 Å². The van der Waals surface area contributed by atoms with Crippen LogP contribution in [-0.4, -0.2) is 24.2 Å². The van der Waals surface area contributed by atoms with Crippen LogP contribution in [0.15, 0.2) is 24.3 Å². The average Bonchev–Trinajstić information content (AvgIpc) is 2.50. The summed E-state index contributed by atoms with van der Waals surface area (Å²) in [6, 6.07) is 8.82. The maximum Gasteiger partial charge on any atom is 0.337 e. The highest BCUT2D eigenvalue weighted by Gasteiger charge is 2.17. The van der Waals surface area contributed by atoms with Gasteiger partial charge in [-0.2, -0.15) is 5.26 Å². The third kappa shape index (κ3) is 5.65. The second kappa shape index (κ2) is 8.75. The molecule has 1 atom stereocenters. The first kappa shape index (κ1) is 16.7. The Morgan fingerprint density at radius 3 is 2.48 bits per heavy atom. The van der Waals surface area contributed by atoms with Crippen LogP contribution in [0.2, 0.25) is 0 Å². The van der Waals surface area contributed by atoms with Crippen molar-refractivity contribution in [1.29, 1.82) is 5.26 Å². The summed E-state index contributed by atoms with van der Waals surface area (Å²) in [5, 5.41) is 17.7. The summed E-state index contributed by atoms with van der Waals surface area (Å²) in [6.45, 7) is 0. The van der Waals surface area contributed by atoms with Gasteiger partial charge in [-0.15, -0.1) is 0 Å². The van der Waals surface area contributed by atoms with Gasteiger partial charge in [0.05, 0.1) is 24.7 Å². The zero-order valence-corrected chi connectivity index (χ0v) is 12.0. The van der Waals surface area contributed by atoms with E-state index in [1.165, 1.54) is 7.11 Å². The van der Waals surface area contributed by atoms with Gasteiger partial charge in [-0.1, -0.05) is 18.6 Å². The van der Waals surface area contributed by atoms with E-state index in [1.807, 2.05) is 0 Å². The molecule has 5 nitrogen and oxygen atoms in total. The molecule has 0 saturated carbocycles. The van der Waals surface area contributed by atoms with E-state index in [2.05, 4.69) is 10.8 Å². The molecule has 5 heteroatoms. The van der Waals surface area contributed by atoms with Crippen molar-refractivity contribution < 1.29 is 19.4 Å². The monoisotopic (exact) mass is 289 g/mol. The molecule has 1 N–H and O–H groups in total. The minimum absolute atomic E-state index is 0.409. The molecule has 0 heterocycles. The third-order valence-corrected chi connectivity index (χ3v) is 3.30. The predicted octanol–water partition coefficient (Wildman–Crippen LogP) is 2.80. The first-order chi connectivity index (χ1) is 10.1. The van der Waals surface area contributed by atoms with Crippen LogP contribution in [-0.2, 0) is 16.0 Å². The fourth-order valence-electron chi connectivity index (χ4n) is 2.09. The molecule has 0 fully saturated rings. The number of carboxylic acid groups (broad SMARTS) is 1. The van der Waals surface area contributed by atoms with Crippen molar-refractivity contribution in [1.82, 2.24) is 0 Å². The quantitative estimate of drug-likeness (QED) is 0.587. The molecule has 0 aliphatic carbocycles. The van der Waals surface area contributed by atoms with E-state index >= 15 is 0 Å². The number of benzene rings is 1. The van der Waals surface area contributed by atoms with Crippen molar-refractivity contribution in [2.45, 2.75) is 32.1 Å². The van der Waals surface area contributed by atoms with Crippen molar-refractivity contribution in [2.24, 2.45) is 5.92 Å². The molecular formula is C16H19NO4. The average molecular weight is 289 g/mol. The molecule has 0 aliphatic heterocycles. The molecule has 0 aromatic heterocycles. The van der Waals surface area contributed by atoms with Crippen LogP contribution in [0.1, 0.15) is 41.6 Å². The second-order valence-electron chi connectivity index (χ2n) is 4.83. The lowest BCUT2D eigenvalue weighted by molar-refractivity contribution is -0.142. The van der Waals surface area contributed by atoms with E-state index < -0.39 is 17.9 Å². The Hall–Kier alpha value is -2.35. The third-order valence-electron chi connectivity index (χ3n) is 3.30. The number of ether oxygens (including phenoxy) is 1. The highest BCUT2D eigenvalue weighted by atomic mass is 16.5. The second-order valence-corrected chi connectivity index (χ2v) is 4.83. The van der Waals surface area contributed by atoms with Crippen molar-refractivity contribution in [3.63, 3.8) is 0 Å². The van der Waals surface area contributed by atoms with Gasteiger partial charge >= 0.3 is 11.9 Å². The number of carbonyl (C=O) groups is 2. The minimum Gasteiger partial charge on any atom is -0.481 e.